The number of rotatable bonds is 3. The number of carbonyl (C=O) groups excluding carboxylic acids is 1. The van der Waals surface area contributed by atoms with E-state index in [2.05, 4.69) is 4.74 Å². The average molecular weight is 244 g/mol. The highest BCUT2D eigenvalue weighted by Crippen LogP contribution is 2.17. The summed E-state index contributed by atoms with van der Waals surface area (Å²) in [6, 6.07) is 5.36. The van der Waals surface area contributed by atoms with Crippen LogP contribution in [0.15, 0.2) is 24.3 Å². The Hall–Kier alpha value is -1.65. The van der Waals surface area contributed by atoms with Gasteiger partial charge in [-0.1, -0.05) is 0 Å². The smallest absolute Gasteiger partial charge is 0.387 e. The van der Waals surface area contributed by atoms with E-state index in [4.69, 9.17) is 4.74 Å². The molecule has 0 aromatic heterocycles. The van der Waals surface area contributed by atoms with Crippen LogP contribution in [-0.4, -0.2) is 18.2 Å². The Bertz CT molecular complexity index is 380. The third-order valence-corrected chi connectivity index (χ3v) is 1.71. The molecule has 1 aromatic carbocycles. The maximum Gasteiger partial charge on any atom is 0.387 e. The molecule has 0 aliphatic carbocycles. The fourth-order valence-electron chi connectivity index (χ4n) is 1.11. The molecule has 17 heavy (non-hydrogen) atoms. The standard InChI is InChI=1S/C12H14F2O3/c1-12(2,3)17-10(15)8-4-6-9(7-5-8)16-11(13)14/h4-7,11H,1-3H3. The van der Waals surface area contributed by atoms with Crippen LogP contribution >= 0.6 is 0 Å². The Balaban J connectivity index is 2.71. The van der Waals surface area contributed by atoms with Crippen LogP contribution in [0.3, 0.4) is 0 Å². The van der Waals surface area contributed by atoms with Crippen molar-refractivity contribution in [1.82, 2.24) is 0 Å². The van der Waals surface area contributed by atoms with Crippen molar-refractivity contribution in [3.63, 3.8) is 0 Å². The largest absolute Gasteiger partial charge is 0.456 e. The molecular weight excluding hydrogens is 230 g/mol. The predicted molar refractivity (Wildman–Crippen MR) is 58.2 cm³/mol. The van der Waals surface area contributed by atoms with Gasteiger partial charge < -0.3 is 9.47 Å². The van der Waals surface area contributed by atoms with Crippen LogP contribution in [0.1, 0.15) is 31.1 Å². The lowest BCUT2D eigenvalue weighted by Gasteiger charge is -2.19. The molecule has 0 spiro atoms. The van der Waals surface area contributed by atoms with Crippen LogP contribution in [0.5, 0.6) is 5.75 Å². The van der Waals surface area contributed by atoms with Gasteiger partial charge in [-0.15, -0.1) is 0 Å². The molecule has 1 aromatic rings. The van der Waals surface area contributed by atoms with E-state index >= 15 is 0 Å². The molecule has 94 valence electrons. The summed E-state index contributed by atoms with van der Waals surface area (Å²) in [5, 5.41) is 0. The van der Waals surface area contributed by atoms with E-state index in [-0.39, 0.29) is 5.75 Å². The van der Waals surface area contributed by atoms with Gasteiger partial charge in [0.05, 0.1) is 5.56 Å². The molecule has 0 atom stereocenters. The Kier molecular flexibility index (Phi) is 4.04. The number of hydrogen-bond donors (Lipinski definition) is 0. The highest BCUT2D eigenvalue weighted by molar-refractivity contribution is 5.89. The minimum absolute atomic E-state index is 0.00677. The lowest BCUT2D eigenvalue weighted by atomic mass is 10.1. The molecule has 0 amide bonds. The third-order valence-electron chi connectivity index (χ3n) is 1.71. The number of benzene rings is 1. The van der Waals surface area contributed by atoms with Crippen molar-refractivity contribution in [3.05, 3.63) is 29.8 Å². The van der Waals surface area contributed by atoms with Crippen LogP contribution in [0.4, 0.5) is 8.78 Å². The Labute approximate surface area is 98.3 Å². The molecule has 0 saturated carbocycles. The highest BCUT2D eigenvalue weighted by atomic mass is 19.3. The third kappa shape index (κ3) is 4.80. The van der Waals surface area contributed by atoms with E-state index in [1.165, 1.54) is 24.3 Å². The maximum absolute atomic E-state index is 11.9. The molecule has 0 fully saturated rings. The lowest BCUT2D eigenvalue weighted by molar-refractivity contribution is -0.0498. The Morgan fingerprint density at radius 3 is 2.12 bits per heavy atom. The predicted octanol–water partition coefficient (Wildman–Crippen LogP) is 3.24. The molecule has 0 N–H and O–H groups in total. The van der Waals surface area contributed by atoms with Crippen molar-refractivity contribution >= 4 is 5.97 Å². The normalized spacial score (nSPS) is 11.4. The number of carbonyl (C=O) groups is 1. The lowest BCUT2D eigenvalue weighted by Crippen LogP contribution is -2.23. The molecule has 3 nitrogen and oxygen atoms in total. The van der Waals surface area contributed by atoms with Gasteiger partial charge in [-0.05, 0) is 45.0 Å². The second kappa shape index (κ2) is 5.12. The highest BCUT2D eigenvalue weighted by Gasteiger charge is 2.17. The summed E-state index contributed by atoms with van der Waals surface area (Å²) in [6.07, 6.45) is 0. The van der Waals surface area contributed by atoms with E-state index in [9.17, 15) is 13.6 Å². The maximum atomic E-state index is 11.9. The first kappa shape index (κ1) is 13.4. The molecule has 0 saturated heterocycles. The van der Waals surface area contributed by atoms with Crippen molar-refractivity contribution in [2.24, 2.45) is 0 Å². The number of ether oxygens (including phenoxy) is 2. The van der Waals surface area contributed by atoms with Crippen LogP contribution in [0.25, 0.3) is 0 Å². The zero-order chi connectivity index (χ0) is 13.1. The van der Waals surface area contributed by atoms with Gasteiger partial charge in [-0.2, -0.15) is 8.78 Å². The van der Waals surface area contributed by atoms with Crippen LogP contribution in [-0.2, 0) is 4.74 Å². The van der Waals surface area contributed by atoms with E-state index in [1.807, 2.05) is 0 Å². The average Bonchev–Trinajstić information content (AvgIpc) is 2.15. The monoisotopic (exact) mass is 244 g/mol. The SMILES string of the molecule is CC(C)(C)OC(=O)c1ccc(OC(F)F)cc1. The topological polar surface area (TPSA) is 35.5 Å². The van der Waals surface area contributed by atoms with Crippen LogP contribution in [0, 0.1) is 0 Å². The molecule has 0 heterocycles. The molecule has 0 radical (unpaired) electrons. The Morgan fingerprint density at radius 1 is 1.18 bits per heavy atom. The van der Waals surface area contributed by atoms with Gasteiger partial charge >= 0.3 is 12.6 Å². The summed E-state index contributed by atoms with van der Waals surface area (Å²) in [6.45, 7) is 2.37. The van der Waals surface area contributed by atoms with Crippen molar-refractivity contribution in [2.75, 3.05) is 0 Å². The van der Waals surface area contributed by atoms with Gasteiger partial charge in [0.25, 0.3) is 0 Å². The minimum atomic E-state index is -2.87. The minimum Gasteiger partial charge on any atom is -0.456 e. The van der Waals surface area contributed by atoms with Gasteiger partial charge in [0.1, 0.15) is 11.4 Å². The summed E-state index contributed by atoms with van der Waals surface area (Å²) >= 11 is 0. The van der Waals surface area contributed by atoms with E-state index in [0.717, 1.165) is 0 Å². The van der Waals surface area contributed by atoms with Crippen molar-refractivity contribution in [2.45, 2.75) is 33.0 Å². The van der Waals surface area contributed by atoms with E-state index in [1.54, 1.807) is 20.8 Å². The van der Waals surface area contributed by atoms with E-state index < -0.39 is 18.2 Å². The summed E-state index contributed by atoms with van der Waals surface area (Å²) < 4.78 is 33.1. The van der Waals surface area contributed by atoms with Crippen molar-refractivity contribution in [3.8, 4) is 5.75 Å². The van der Waals surface area contributed by atoms with Gasteiger partial charge in [-0.3, -0.25) is 0 Å². The zero-order valence-electron chi connectivity index (χ0n) is 9.87. The first-order valence-electron chi connectivity index (χ1n) is 5.06. The molecule has 5 heteroatoms. The quantitative estimate of drug-likeness (QED) is 0.766. The second-order valence-corrected chi connectivity index (χ2v) is 4.40. The summed E-state index contributed by atoms with van der Waals surface area (Å²) in [7, 11) is 0. The van der Waals surface area contributed by atoms with Crippen molar-refractivity contribution in [1.29, 1.82) is 0 Å². The fourth-order valence-corrected chi connectivity index (χ4v) is 1.11. The second-order valence-electron chi connectivity index (χ2n) is 4.40. The number of esters is 1. The van der Waals surface area contributed by atoms with Gasteiger partial charge in [-0.25, -0.2) is 4.79 Å². The van der Waals surface area contributed by atoms with Gasteiger partial charge in [0.15, 0.2) is 0 Å². The fraction of sp³-hybridized carbons (Fsp3) is 0.417. The molecule has 0 aliphatic heterocycles. The molecule has 0 aliphatic rings. The molecule has 0 bridgehead atoms. The summed E-state index contributed by atoms with van der Waals surface area (Å²) in [5.74, 6) is -0.492. The molecule has 0 unspecified atom stereocenters. The van der Waals surface area contributed by atoms with Crippen molar-refractivity contribution < 1.29 is 23.0 Å². The van der Waals surface area contributed by atoms with Crippen LogP contribution in [0.2, 0.25) is 0 Å². The summed E-state index contributed by atoms with van der Waals surface area (Å²) in [5.41, 5.74) is -0.295. The van der Waals surface area contributed by atoms with E-state index in [0.29, 0.717) is 5.56 Å². The summed E-state index contributed by atoms with van der Waals surface area (Å²) in [4.78, 5) is 11.6. The number of alkyl halides is 2. The number of hydrogen-bond acceptors (Lipinski definition) is 3. The zero-order valence-corrected chi connectivity index (χ0v) is 9.87. The first-order chi connectivity index (χ1) is 7.78. The molecular formula is C12H14F2O3. The molecule has 1 rings (SSSR count). The Morgan fingerprint density at radius 2 is 1.71 bits per heavy atom. The van der Waals surface area contributed by atoms with Crippen LogP contribution < -0.4 is 4.74 Å². The van der Waals surface area contributed by atoms with Gasteiger partial charge in [0, 0.05) is 0 Å². The first-order valence-corrected chi connectivity index (χ1v) is 5.06. The van der Waals surface area contributed by atoms with Gasteiger partial charge in [0.2, 0.25) is 0 Å². The number of halogens is 2.